The van der Waals surface area contributed by atoms with Crippen molar-refractivity contribution in [2.24, 2.45) is 0 Å². The molecule has 0 bridgehead atoms. The molecule has 0 aliphatic rings. The maximum Gasteiger partial charge on any atom is 0.262 e. The Hall–Kier alpha value is -3.08. The number of aliphatic hydroxyl groups excluding tert-OH is 2. The van der Waals surface area contributed by atoms with E-state index in [-0.39, 0.29) is 24.8 Å². The number of rotatable bonds is 8. The Bertz CT molecular complexity index is 1120. The fourth-order valence-corrected chi connectivity index (χ4v) is 3.13. The van der Waals surface area contributed by atoms with Gasteiger partial charge in [-0.1, -0.05) is 0 Å². The van der Waals surface area contributed by atoms with Gasteiger partial charge in [0.05, 0.1) is 30.3 Å². The third-order valence-corrected chi connectivity index (χ3v) is 4.70. The highest BCUT2D eigenvalue weighted by Crippen LogP contribution is 2.26. The van der Waals surface area contributed by atoms with E-state index in [1.807, 2.05) is 13.8 Å². The second-order valence-electron chi connectivity index (χ2n) is 8.14. The first-order valence-electron chi connectivity index (χ1n) is 10.00. The summed E-state index contributed by atoms with van der Waals surface area (Å²) in [5, 5.41) is 36.4. The van der Waals surface area contributed by atoms with Gasteiger partial charge in [0, 0.05) is 18.3 Å². The Kier molecular flexibility index (Phi) is 6.54. The quantitative estimate of drug-likeness (QED) is 0.360. The van der Waals surface area contributed by atoms with Crippen molar-refractivity contribution in [2.75, 3.05) is 23.8 Å². The molecule has 166 valence electrons. The van der Waals surface area contributed by atoms with Crippen molar-refractivity contribution in [1.82, 2.24) is 19.5 Å². The average Bonchev–Trinajstić information content (AvgIpc) is 2.69. The van der Waals surface area contributed by atoms with Gasteiger partial charge < -0.3 is 30.5 Å². The zero-order valence-electron chi connectivity index (χ0n) is 18.0. The van der Waals surface area contributed by atoms with Crippen molar-refractivity contribution in [3.63, 3.8) is 0 Å². The van der Waals surface area contributed by atoms with Crippen molar-refractivity contribution in [2.45, 2.75) is 45.4 Å². The zero-order valence-corrected chi connectivity index (χ0v) is 18.0. The third-order valence-electron chi connectivity index (χ3n) is 4.70. The Balaban J connectivity index is 2.11. The summed E-state index contributed by atoms with van der Waals surface area (Å²) in [6.07, 6.45) is 2.90. The molecule has 3 heterocycles. The van der Waals surface area contributed by atoms with Crippen LogP contribution in [-0.2, 0) is 5.60 Å². The van der Waals surface area contributed by atoms with Crippen LogP contribution >= 0.6 is 0 Å². The molecule has 0 aliphatic heterocycles. The molecule has 0 saturated heterocycles. The molecule has 0 radical (unpaired) electrons. The van der Waals surface area contributed by atoms with Crippen molar-refractivity contribution in [3.05, 3.63) is 46.8 Å². The topological polar surface area (TPSA) is 145 Å². The van der Waals surface area contributed by atoms with E-state index >= 15 is 0 Å². The molecule has 0 saturated carbocycles. The number of nitrogens with zero attached hydrogens (tertiary/aromatic N) is 4. The van der Waals surface area contributed by atoms with Crippen molar-refractivity contribution < 1.29 is 15.3 Å². The summed E-state index contributed by atoms with van der Waals surface area (Å²) in [5.41, 5.74) is -1.03. The lowest BCUT2D eigenvalue weighted by atomic mass is 10.1. The highest BCUT2D eigenvalue weighted by atomic mass is 16.3. The summed E-state index contributed by atoms with van der Waals surface area (Å²) >= 11 is 0. The largest absolute Gasteiger partial charge is 0.394 e. The van der Waals surface area contributed by atoms with E-state index in [0.717, 1.165) is 0 Å². The highest BCUT2D eigenvalue weighted by molar-refractivity contribution is 5.93. The normalized spacial score (nSPS) is 12.0. The molecular weight excluding hydrogens is 400 g/mol. The van der Waals surface area contributed by atoms with Gasteiger partial charge >= 0.3 is 0 Å². The van der Waals surface area contributed by atoms with Crippen molar-refractivity contribution in [3.8, 4) is 0 Å². The van der Waals surface area contributed by atoms with Crippen molar-refractivity contribution >= 4 is 28.2 Å². The number of fused-ring (bicyclic) bond motifs is 1. The van der Waals surface area contributed by atoms with Crippen LogP contribution in [0.15, 0.2) is 35.5 Å². The van der Waals surface area contributed by atoms with E-state index in [2.05, 4.69) is 25.6 Å². The van der Waals surface area contributed by atoms with Gasteiger partial charge in [-0.15, -0.1) is 0 Å². The van der Waals surface area contributed by atoms with Crippen LogP contribution in [0.4, 0.5) is 17.5 Å². The van der Waals surface area contributed by atoms with E-state index in [4.69, 9.17) is 0 Å². The number of hydrogen-bond acceptors (Lipinski definition) is 9. The molecule has 5 N–H and O–H groups in total. The lowest BCUT2D eigenvalue weighted by Crippen LogP contribution is -2.29. The molecule has 0 fully saturated rings. The summed E-state index contributed by atoms with van der Waals surface area (Å²) in [4.78, 5) is 25.9. The number of nitrogens with one attached hydrogen (secondary N) is 2. The Morgan fingerprint density at radius 2 is 1.84 bits per heavy atom. The second-order valence-corrected chi connectivity index (χ2v) is 8.14. The minimum atomic E-state index is -1.12. The lowest BCUT2D eigenvalue weighted by molar-refractivity contribution is 0.0737. The molecule has 0 amide bonds. The molecule has 0 aliphatic carbocycles. The van der Waals surface area contributed by atoms with Gasteiger partial charge in [-0.2, -0.15) is 0 Å². The predicted octanol–water partition coefficient (Wildman–Crippen LogP) is 1.50. The minimum absolute atomic E-state index is 0.00586. The number of aliphatic hydroxyl groups is 3. The highest BCUT2D eigenvalue weighted by Gasteiger charge is 2.19. The number of pyridine rings is 2. The predicted molar refractivity (Wildman–Crippen MR) is 119 cm³/mol. The molecule has 0 spiro atoms. The van der Waals surface area contributed by atoms with Gasteiger partial charge in [0.2, 0.25) is 0 Å². The first kappa shape index (κ1) is 22.6. The van der Waals surface area contributed by atoms with Crippen LogP contribution in [0.2, 0.25) is 0 Å². The maximum absolute atomic E-state index is 13.1. The summed E-state index contributed by atoms with van der Waals surface area (Å²) in [5.74, 6) is 1.28. The van der Waals surface area contributed by atoms with Gasteiger partial charge in [0.25, 0.3) is 5.56 Å². The third kappa shape index (κ3) is 4.98. The van der Waals surface area contributed by atoms with Crippen LogP contribution in [0.1, 0.15) is 39.4 Å². The van der Waals surface area contributed by atoms with E-state index in [9.17, 15) is 20.1 Å². The maximum atomic E-state index is 13.1. The first-order valence-corrected chi connectivity index (χ1v) is 10.00. The van der Waals surface area contributed by atoms with Crippen LogP contribution < -0.4 is 16.2 Å². The first-order chi connectivity index (χ1) is 14.6. The number of anilines is 3. The van der Waals surface area contributed by atoms with Gasteiger partial charge in [0.1, 0.15) is 29.4 Å². The molecule has 10 heteroatoms. The molecule has 0 aromatic carbocycles. The van der Waals surface area contributed by atoms with Crippen LogP contribution in [0.25, 0.3) is 10.8 Å². The lowest BCUT2D eigenvalue weighted by Gasteiger charge is -2.19. The summed E-state index contributed by atoms with van der Waals surface area (Å²) in [6.45, 7) is 6.40. The summed E-state index contributed by atoms with van der Waals surface area (Å²) < 4.78 is 1.31. The Labute approximate surface area is 179 Å². The molecule has 31 heavy (non-hydrogen) atoms. The van der Waals surface area contributed by atoms with Gasteiger partial charge in [-0.25, -0.2) is 15.0 Å². The van der Waals surface area contributed by atoms with E-state index in [1.165, 1.54) is 10.9 Å². The van der Waals surface area contributed by atoms with E-state index in [1.54, 1.807) is 38.2 Å². The second kappa shape index (κ2) is 8.96. The van der Waals surface area contributed by atoms with Crippen LogP contribution in [0.3, 0.4) is 0 Å². The molecular formula is C21H28N6O4. The van der Waals surface area contributed by atoms with Gasteiger partial charge in [-0.05, 0) is 45.2 Å². The molecule has 3 aromatic heterocycles. The van der Waals surface area contributed by atoms with Gasteiger partial charge in [0.15, 0.2) is 0 Å². The van der Waals surface area contributed by atoms with Crippen LogP contribution in [0.5, 0.6) is 0 Å². The van der Waals surface area contributed by atoms with Gasteiger partial charge in [-0.3, -0.25) is 4.79 Å². The van der Waals surface area contributed by atoms with Crippen LogP contribution in [-0.4, -0.2) is 54.1 Å². The SMILES string of the molecule is CC(C)Nc1nc(Nc2cc(C(C)(C)O)ncn2)cc2ccn(C(CO)CO)c(=O)c12. The molecule has 0 atom stereocenters. The standard InChI is InChI=1S/C21H28N6O4/c1-12(2)24-19-18-13(5-6-27(20(18)30)14(9-28)10-29)7-17(26-19)25-16-8-15(21(3,4)31)22-11-23-16/h5-8,11-12,14,28-29,31H,9-10H2,1-4H3,(H2,22,23,24,25,26). The molecule has 3 aromatic rings. The molecule has 0 unspecified atom stereocenters. The monoisotopic (exact) mass is 428 g/mol. The number of aromatic nitrogens is 4. The smallest absolute Gasteiger partial charge is 0.262 e. The number of hydrogen-bond donors (Lipinski definition) is 5. The Morgan fingerprint density at radius 3 is 2.45 bits per heavy atom. The zero-order chi connectivity index (χ0) is 22.8. The van der Waals surface area contributed by atoms with E-state index in [0.29, 0.717) is 33.9 Å². The molecule has 10 nitrogen and oxygen atoms in total. The molecule has 3 rings (SSSR count). The van der Waals surface area contributed by atoms with E-state index < -0.39 is 11.6 Å². The fraction of sp³-hybridized carbons (Fsp3) is 0.429. The minimum Gasteiger partial charge on any atom is -0.394 e. The summed E-state index contributed by atoms with van der Waals surface area (Å²) in [7, 11) is 0. The van der Waals surface area contributed by atoms with Crippen LogP contribution in [0, 0.1) is 0 Å². The Morgan fingerprint density at radius 1 is 1.13 bits per heavy atom. The van der Waals surface area contributed by atoms with Crippen molar-refractivity contribution in [1.29, 1.82) is 0 Å². The summed E-state index contributed by atoms with van der Waals surface area (Å²) in [6, 6.07) is 4.35. The average molecular weight is 428 g/mol. The fourth-order valence-electron chi connectivity index (χ4n) is 3.13.